The predicted molar refractivity (Wildman–Crippen MR) is 245 cm³/mol. The summed E-state index contributed by atoms with van der Waals surface area (Å²) in [6.07, 6.45) is -0.155. The molecule has 67 heavy (non-hydrogen) atoms. The van der Waals surface area contributed by atoms with Crippen LogP contribution in [-0.2, 0) is 63.9 Å². The molecule has 374 valence electrons. The SMILES string of the molecule is CC[C@H](C)[C@@H]([C@@H](CC(=O)N1CCC[C@H]1[C@H](OC)[C@@H](C)C(=O)N[C@@H](Cc1ccccc1)C(=O)O)OC)N(C)C(=O)[C@@H](NC(=O)[C@H](C(C)C)N(C)C(=O)CCCC(=O)ON1C(=O)CCC1=O)C(C)C. The quantitative estimate of drug-likeness (QED) is 0.113. The lowest BCUT2D eigenvalue weighted by molar-refractivity contribution is -0.197. The molecule has 0 aromatic heterocycles. The zero-order valence-corrected chi connectivity index (χ0v) is 41.2. The molecular weight excluding hydrogens is 869 g/mol. The summed E-state index contributed by atoms with van der Waals surface area (Å²) in [5, 5.41) is 15.9. The minimum atomic E-state index is -1.17. The second-order valence-electron chi connectivity index (χ2n) is 18.5. The van der Waals surface area contributed by atoms with E-state index in [1.807, 2.05) is 19.9 Å². The van der Waals surface area contributed by atoms with Gasteiger partial charge in [0.15, 0.2) is 0 Å². The number of carboxylic acid groups (broad SMARTS) is 1. The Labute approximate surface area is 394 Å². The minimum Gasteiger partial charge on any atom is -0.480 e. The van der Waals surface area contributed by atoms with Gasteiger partial charge < -0.3 is 44.8 Å². The van der Waals surface area contributed by atoms with E-state index in [1.54, 1.807) is 70.8 Å². The molecule has 2 saturated heterocycles. The standard InChI is InChI=1S/C48H74N6O13/c1-12-30(6)43(35(65-10)27-39(58)53-25-17-20-34(53)44(66-11)31(7)45(60)49-33(48(63)64)26-32-18-14-13-15-19-32)52(9)47(62)41(28(2)3)50-46(61)42(29(4)5)51(8)36(55)21-16-22-40(59)67-54-37(56)23-24-38(54)57/h13-15,18-19,28-31,33-35,41-44H,12,16-17,20-27H2,1-11H3,(H,49,60)(H,50,61)(H,63,64)/t30-,31+,33-,34-,35+,41-,42-,43-,44+/m0/s1. The van der Waals surface area contributed by atoms with Crippen LogP contribution in [0.25, 0.3) is 0 Å². The number of benzene rings is 1. The molecule has 9 atom stereocenters. The van der Waals surface area contributed by atoms with E-state index in [1.165, 1.54) is 31.1 Å². The van der Waals surface area contributed by atoms with Crippen LogP contribution < -0.4 is 10.6 Å². The Kier molecular flexibility index (Phi) is 21.9. The van der Waals surface area contributed by atoms with Crippen LogP contribution in [0.2, 0.25) is 0 Å². The molecule has 0 radical (unpaired) electrons. The van der Waals surface area contributed by atoms with Crippen molar-refractivity contribution < 1.29 is 62.6 Å². The van der Waals surface area contributed by atoms with Gasteiger partial charge in [-0.3, -0.25) is 33.6 Å². The number of carbonyl (C=O) groups is 9. The first-order valence-corrected chi connectivity index (χ1v) is 23.4. The number of imide groups is 1. The third kappa shape index (κ3) is 15.0. The highest BCUT2D eigenvalue weighted by molar-refractivity contribution is 6.01. The number of hydrogen-bond donors (Lipinski definition) is 3. The lowest BCUT2D eigenvalue weighted by atomic mass is 9.89. The Balaban J connectivity index is 1.72. The fraction of sp³-hybridized carbons (Fsp3) is 0.688. The van der Waals surface area contributed by atoms with Crippen molar-refractivity contribution in [1.82, 2.24) is 30.4 Å². The lowest BCUT2D eigenvalue weighted by Crippen LogP contribution is -2.60. The van der Waals surface area contributed by atoms with Crippen LogP contribution in [0, 0.1) is 23.7 Å². The van der Waals surface area contributed by atoms with Crippen LogP contribution in [0.1, 0.15) is 112 Å². The van der Waals surface area contributed by atoms with Gasteiger partial charge >= 0.3 is 11.9 Å². The number of nitrogens with one attached hydrogen (secondary N) is 2. The third-order valence-corrected chi connectivity index (χ3v) is 13.1. The minimum absolute atomic E-state index is 0.0366. The second kappa shape index (κ2) is 26.2. The molecule has 2 aliphatic heterocycles. The fourth-order valence-corrected chi connectivity index (χ4v) is 9.08. The molecule has 7 amide bonds. The topological polar surface area (TPSA) is 239 Å². The molecular formula is C48H74N6O13. The third-order valence-electron chi connectivity index (χ3n) is 13.1. The van der Waals surface area contributed by atoms with Gasteiger partial charge in [0.05, 0.1) is 36.6 Å². The van der Waals surface area contributed by atoms with Gasteiger partial charge in [0.2, 0.25) is 29.5 Å². The first-order chi connectivity index (χ1) is 31.6. The Morgan fingerprint density at radius 1 is 0.836 bits per heavy atom. The van der Waals surface area contributed by atoms with E-state index in [2.05, 4.69) is 10.6 Å². The second-order valence-corrected chi connectivity index (χ2v) is 18.5. The predicted octanol–water partition coefficient (Wildman–Crippen LogP) is 3.12. The first-order valence-electron chi connectivity index (χ1n) is 23.4. The molecule has 3 N–H and O–H groups in total. The highest BCUT2D eigenvalue weighted by atomic mass is 16.7. The van der Waals surface area contributed by atoms with Crippen LogP contribution in [0.5, 0.6) is 0 Å². The number of ether oxygens (including phenoxy) is 2. The van der Waals surface area contributed by atoms with Crippen molar-refractivity contribution >= 4 is 53.3 Å². The van der Waals surface area contributed by atoms with Crippen molar-refractivity contribution in [2.45, 2.75) is 155 Å². The highest BCUT2D eigenvalue weighted by Crippen LogP contribution is 2.30. The van der Waals surface area contributed by atoms with Crippen molar-refractivity contribution in [1.29, 1.82) is 0 Å². The summed E-state index contributed by atoms with van der Waals surface area (Å²) in [7, 11) is 6.03. The van der Waals surface area contributed by atoms with Crippen LogP contribution in [0.15, 0.2) is 30.3 Å². The van der Waals surface area contributed by atoms with E-state index in [9.17, 15) is 48.3 Å². The molecule has 2 fully saturated rings. The molecule has 1 aromatic carbocycles. The van der Waals surface area contributed by atoms with Crippen LogP contribution in [0.4, 0.5) is 0 Å². The van der Waals surface area contributed by atoms with E-state index in [-0.39, 0.29) is 62.7 Å². The Bertz CT molecular complexity index is 1880. The summed E-state index contributed by atoms with van der Waals surface area (Å²) in [6, 6.07) is 4.68. The maximum atomic E-state index is 14.5. The zero-order chi connectivity index (χ0) is 50.3. The van der Waals surface area contributed by atoms with E-state index >= 15 is 0 Å². The van der Waals surface area contributed by atoms with Gasteiger partial charge in [-0.2, -0.15) is 0 Å². The number of nitrogens with zero attached hydrogens (tertiary/aromatic N) is 4. The molecule has 0 bridgehead atoms. The molecule has 1 aromatic rings. The van der Waals surface area contributed by atoms with Crippen LogP contribution in [0.3, 0.4) is 0 Å². The van der Waals surface area contributed by atoms with Gasteiger partial charge in [-0.05, 0) is 42.6 Å². The van der Waals surface area contributed by atoms with Gasteiger partial charge in [0.1, 0.15) is 18.1 Å². The van der Waals surface area contributed by atoms with Crippen molar-refractivity contribution in [2.75, 3.05) is 34.9 Å². The number of rotatable bonds is 26. The Morgan fingerprint density at radius 3 is 2.00 bits per heavy atom. The van der Waals surface area contributed by atoms with Gasteiger partial charge in [-0.15, -0.1) is 5.06 Å². The zero-order valence-electron chi connectivity index (χ0n) is 41.2. The number of hydroxylamine groups is 2. The number of carbonyl (C=O) groups excluding carboxylic acids is 8. The summed E-state index contributed by atoms with van der Waals surface area (Å²) in [5.74, 6) is -7.18. The summed E-state index contributed by atoms with van der Waals surface area (Å²) in [6.45, 7) is 13.1. The Hall–Kier alpha value is -5.43. The van der Waals surface area contributed by atoms with E-state index in [4.69, 9.17) is 14.3 Å². The summed E-state index contributed by atoms with van der Waals surface area (Å²) in [5.41, 5.74) is 0.753. The van der Waals surface area contributed by atoms with Crippen molar-refractivity contribution in [3.63, 3.8) is 0 Å². The maximum Gasteiger partial charge on any atom is 0.333 e. The number of hydrogen-bond acceptors (Lipinski definition) is 12. The van der Waals surface area contributed by atoms with Gasteiger partial charge in [0, 0.05) is 67.0 Å². The molecule has 0 aliphatic carbocycles. The van der Waals surface area contributed by atoms with Crippen molar-refractivity contribution in [2.24, 2.45) is 23.7 Å². The van der Waals surface area contributed by atoms with Crippen molar-refractivity contribution in [3.8, 4) is 0 Å². The van der Waals surface area contributed by atoms with Gasteiger partial charge in [0.25, 0.3) is 11.8 Å². The summed E-state index contributed by atoms with van der Waals surface area (Å²) in [4.78, 5) is 127. The molecule has 3 rings (SSSR count). The number of carboxylic acids is 1. The molecule has 19 heteroatoms. The van der Waals surface area contributed by atoms with E-state index < -0.39 is 102 Å². The largest absolute Gasteiger partial charge is 0.480 e. The molecule has 0 saturated carbocycles. The Morgan fingerprint density at radius 2 is 1.46 bits per heavy atom. The number of aliphatic carboxylic acids is 1. The smallest absolute Gasteiger partial charge is 0.333 e. The molecule has 19 nitrogen and oxygen atoms in total. The number of methoxy groups -OCH3 is 2. The molecule has 0 unspecified atom stereocenters. The number of amides is 7. The summed E-state index contributed by atoms with van der Waals surface area (Å²) < 4.78 is 11.9. The van der Waals surface area contributed by atoms with Crippen LogP contribution in [-0.4, -0.2) is 155 Å². The van der Waals surface area contributed by atoms with Crippen LogP contribution >= 0.6 is 0 Å². The van der Waals surface area contributed by atoms with E-state index in [0.29, 0.717) is 30.9 Å². The van der Waals surface area contributed by atoms with E-state index in [0.717, 1.165) is 5.56 Å². The van der Waals surface area contributed by atoms with Crippen molar-refractivity contribution in [3.05, 3.63) is 35.9 Å². The average molecular weight is 943 g/mol. The molecule has 0 spiro atoms. The lowest BCUT2D eigenvalue weighted by Gasteiger charge is -2.41. The first kappa shape index (κ1) is 55.9. The monoisotopic (exact) mass is 943 g/mol. The number of likely N-dealkylation sites (N-methyl/N-ethyl adjacent to an activating group) is 2. The normalized spacial score (nSPS) is 18.7. The van der Waals surface area contributed by atoms with Gasteiger partial charge in [-0.25, -0.2) is 9.59 Å². The average Bonchev–Trinajstić information content (AvgIpc) is 3.90. The van der Waals surface area contributed by atoms with Gasteiger partial charge in [-0.1, -0.05) is 85.2 Å². The maximum absolute atomic E-state index is 14.5. The summed E-state index contributed by atoms with van der Waals surface area (Å²) >= 11 is 0. The highest BCUT2D eigenvalue weighted by Gasteiger charge is 2.44. The number of likely N-dealkylation sites (tertiary alicyclic amines) is 1. The molecule has 2 heterocycles. The fourth-order valence-electron chi connectivity index (χ4n) is 9.08. The molecule has 2 aliphatic rings.